The van der Waals surface area contributed by atoms with Crippen LogP contribution >= 0.6 is 11.8 Å². The smallest absolute Gasteiger partial charge is 0.416 e. The van der Waals surface area contributed by atoms with Gasteiger partial charge in [-0.3, -0.25) is 9.59 Å². The van der Waals surface area contributed by atoms with Gasteiger partial charge in [0.05, 0.1) is 17.2 Å². The number of hydrogen-bond acceptors (Lipinski definition) is 5. The van der Waals surface area contributed by atoms with Gasteiger partial charge in [-0.05, 0) is 41.8 Å². The molecular weight excluding hydrogens is 393 g/mol. The van der Waals surface area contributed by atoms with Crippen LogP contribution in [-0.4, -0.2) is 27.9 Å². The molecule has 0 aromatic heterocycles. The van der Waals surface area contributed by atoms with Gasteiger partial charge in [-0.1, -0.05) is 36.0 Å². The number of aliphatic hydroxyl groups excluding tert-OH is 1. The summed E-state index contributed by atoms with van der Waals surface area (Å²) in [5, 5.41) is 9.63. The molecule has 0 saturated carbocycles. The average molecular weight is 410 g/mol. The van der Waals surface area contributed by atoms with E-state index in [2.05, 4.69) is 0 Å². The molecule has 0 spiro atoms. The Kier molecular flexibility index (Phi) is 6.10. The summed E-state index contributed by atoms with van der Waals surface area (Å²) in [4.78, 5) is 23.0. The van der Waals surface area contributed by atoms with Gasteiger partial charge >= 0.3 is 6.18 Å². The zero-order valence-electron chi connectivity index (χ0n) is 14.6. The second-order valence-corrected chi connectivity index (χ2v) is 7.68. The van der Waals surface area contributed by atoms with Crippen LogP contribution in [0.1, 0.15) is 29.2 Å². The van der Waals surface area contributed by atoms with E-state index in [-0.39, 0.29) is 34.7 Å². The summed E-state index contributed by atoms with van der Waals surface area (Å²) in [6.07, 6.45) is -5.26. The highest BCUT2D eigenvalue weighted by Gasteiger charge is 2.32. The predicted molar refractivity (Wildman–Crippen MR) is 98.1 cm³/mol. The third kappa shape index (κ3) is 5.14. The summed E-state index contributed by atoms with van der Waals surface area (Å²) in [6, 6.07) is 11.3. The van der Waals surface area contributed by atoms with Crippen molar-refractivity contribution in [2.45, 2.75) is 30.4 Å². The molecule has 0 radical (unpaired) electrons. The number of halogens is 3. The molecule has 1 fully saturated rings. The quantitative estimate of drug-likeness (QED) is 0.731. The second kappa shape index (κ2) is 8.36. The number of ether oxygens (including phenoxy) is 1. The van der Waals surface area contributed by atoms with Gasteiger partial charge in [0, 0.05) is 0 Å². The van der Waals surface area contributed by atoms with E-state index in [1.54, 1.807) is 24.3 Å². The largest absolute Gasteiger partial charge is 0.491 e. The molecule has 3 rings (SSSR count). The number of Topliss-reactive ketones (excluding diaryl/α,β-unsaturated/α-hetero) is 1. The summed E-state index contributed by atoms with van der Waals surface area (Å²) in [7, 11) is 0. The Bertz CT molecular complexity index is 864. The van der Waals surface area contributed by atoms with Gasteiger partial charge in [0.2, 0.25) is 0 Å². The molecule has 0 bridgehead atoms. The normalized spacial score (nSPS) is 18.4. The maximum atomic E-state index is 12.8. The van der Waals surface area contributed by atoms with E-state index in [9.17, 15) is 27.9 Å². The van der Waals surface area contributed by atoms with Gasteiger partial charge in [-0.2, -0.15) is 13.2 Å². The van der Waals surface area contributed by atoms with Crippen LogP contribution in [0.2, 0.25) is 0 Å². The predicted octanol–water partition coefficient (Wildman–Crippen LogP) is 3.96. The highest BCUT2D eigenvalue weighted by Crippen LogP contribution is 2.31. The zero-order valence-corrected chi connectivity index (χ0v) is 15.4. The first-order chi connectivity index (χ1) is 13.2. The summed E-state index contributed by atoms with van der Waals surface area (Å²) >= 11 is 1.05. The highest BCUT2D eigenvalue weighted by atomic mass is 32.2. The maximum absolute atomic E-state index is 12.8. The highest BCUT2D eigenvalue weighted by molar-refractivity contribution is 8.15. The van der Waals surface area contributed by atoms with Crippen LogP contribution in [0.15, 0.2) is 48.5 Å². The fourth-order valence-corrected chi connectivity index (χ4v) is 3.84. The first-order valence-electron chi connectivity index (χ1n) is 8.51. The number of benzene rings is 2. The van der Waals surface area contributed by atoms with E-state index in [1.807, 2.05) is 0 Å². The topological polar surface area (TPSA) is 63.6 Å². The van der Waals surface area contributed by atoms with Crippen LogP contribution in [-0.2, 0) is 22.2 Å². The van der Waals surface area contributed by atoms with Crippen molar-refractivity contribution in [3.05, 3.63) is 65.2 Å². The van der Waals surface area contributed by atoms with Crippen molar-refractivity contribution in [1.29, 1.82) is 0 Å². The molecule has 1 unspecified atom stereocenters. The number of carbonyl (C=O) groups excluding carboxylic acids is 2. The minimum atomic E-state index is -4.48. The number of thioether (sulfide) groups is 1. The van der Waals surface area contributed by atoms with Gasteiger partial charge in [0.1, 0.15) is 18.5 Å². The lowest BCUT2D eigenvalue weighted by Gasteiger charge is -2.15. The van der Waals surface area contributed by atoms with Gasteiger partial charge in [0.25, 0.3) is 0 Å². The SMILES string of the molecule is O=C1CC(=O)C(Cc2ccc(OC[C@H](O)c3cccc(C(F)(F)F)c3)cc2)S1. The second-order valence-electron chi connectivity index (χ2n) is 6.42. The molecule has 1 aliphatic rings. The lowest BCUT2D eigenvalue weighted by molar-refractivity contribution is -0.137. The lowest BCUT2D eigenvalue weighted by atomic mass is 10.1. The Labute approximate surface area is 163 Å². The Balaban J connectivity index is 1.56. The number of ketones is 1. The Morgan fingerprint density at radius 3 is 2.46 bits per heavy atom. The molecule has 1 N–H and O–H groups in total. The average Bonchev–Trinajstić information content (AvgIpc) is 2.97. The van der Waals surface area contributed by atoms with Crippen LogP contribution in [0.4, 0.5) is 13.2 Å². The number of carbonyl (C=O) groups is 2. The number of aliphatic hydroxyl groups is 1. The van der Waals surface area contributed by atoms with Crippen molar-refractivity contribution in [2.24, 2.45) is 0 Å². The van der Waals surface area contributed by atoms with E-state index in [1.165, 1.54) is 12.1 Å². The molecule has 148 valence electrons. The third-order valence-corrected chi connectivity index (χ3v) is 5.42. The fourth-order valence-electron chi connectivity index (χ4n) is 2.81. The van der Waals surface area contributed by atoms with Crippen LogP contribution < -0.4 is 4.74 Å². The standard InChI is InChI=1S/C20H17F3O4S/c21-20(22,23)14-3-1-2-13(9-14)17(25)11-27-15-6-4-12(5-7-15)8-18-16(24)10-19(26)28-18/h1-7,9,17-18,25H,8,10-11H2/t17-,18?/m0/s1. The first kappa shape index (κ1) is 20.4. The van der Waals surface area contributed by atoms with Crippen LogP contribution in [0.3, 0.4) is 0 Å². The lowest BCUT2D eigenvalue weighted by Crippen LogP contribution is -2.13. The maximum Gasteiger partial charge on any atom is 0.416 e. The van der Waals surface area contributed by atoms with Gasteiger partial charge in [0.15, 0.2) is 10.9 Å². The first-order valence-corrected chi connectivity index (χ1v) is 9.39. The van der Waals surface area contributed by atoms with E-state index in [0.717, 1.165) is 29.5 Å². The fraction of sp³-hybridized carbons (Fsp3) is 0.300. The molecule has 2 aromatic rings. The molecule has 28 heavy (non-hydrogen) atoms. The van der Waals surface area contributed by atoms with E-state index in [4.69, 9.17) is 4.74 Å². The molecule has 1 heterocycles. The molecule has 0 amide bonds. The zero-order chi connectivity index (χ0) is 20.3. The Morgan fingerprint density at radius 2 is 1.86 bits per heavy atom. The molecule has 2 aromatic carbocycles. The summed E-state index contributed by atoms with van der Waals surface area (Å²) in [5.41, 5.74) is 0.158. The van der Waals surface area contributed by atoms with E-state index < -0.39 is 17.8 Å². The van der Waals surface area contributed by atoms with E-state index in [0.29, 0.717) is 12.2 Å². The molecule has 4 nitrogen and oxygen atoms in total. The van der Waals surface area contributed by atoms with Gasteiger partial charge in [-0.15, -0.1) is 0 Å². The Morgan fingerprint density at radius 1 is 1.14 bits per heavy atom. The van der Waals surface area contributed by atoms with Crippen molar-refractivity contribution in [3.63, 3.8) is 0 Å². The molecular formula is C20H17F3O4S. The minimum absolute atomic E-state index is 0.0239. The van der Waals surface area contributed by atoms with Gasteiger partial charge in [-0.25, -0.2) is 0 Å². The van der Waals surface area contributed by atoms with E-state index >= 15 is 0 Å². The molecule has 2 atom stereocenters. The number of alkyl halides is 3. The van der Waals surface area contributed by atoms with Crippen LogP contribution in [0.5, 0.6) is 5.75 Å². The number of hydrogen-bond donors (Lipinski definition) is 1. The molecule has 0 aliphatic carbocycles. The molecule has 8 heteroatoms. The van der Waals surface area contributed by atoms with Crippen molar-refractivity contribution >= 4 is 22.7 Å². The van der Waals surface area contributed by atoms with Crippen LogP contribution in [0.25, 0.3) is 0 Å². The number of rotatable bonds is 6. The Hall–Kier alpha value is -2.32. The molecule has 1 aliphatic heterocycles. The van der Waals surface area contributed by atoms with Crippen LogP contribution in [0, 0.1) is 0 Å². The summed E-state index contributed by atoms with van der Waals surface area (Å²) < 4.78 is 43.7. The molecule has 1 saturated heterocycles. The van der Waals surface area contributed by atoms with Gasteiger partial charge < -0.3 is 9.84 Å². The summed E-state index contributed by atoms with van der Waals surface area (Å²) in [5.74, 6) is 0.371. The van der Waals surface area contributed by atoms with Crippen molar-refractivity contribution in [1.82, 2.24) is 0 Å². The van der Waals surface area contributed by atoms with Crippen molar-refractivity contribution < 1.29 is 32.6 Å². The van der Waals surface area contributed by atoms with Crippen molar-refractivity contribution in [3.8, 4) is 5.75 Å². The summed E-state index contributed by atoms with van der Waals surface area (Å²) in [6.45, 7) is -0.202. The monoisotopic (exact) mass is 410 g/mol. The third-order valence-electron chi connectivity index (χ3n) is 4.30. The van der Waals surface area contributed by atoms with Crippen molar-refractivity contribution in [2.75, 3.05) is 6.61 Å². The minimum Gasteiger partial charge on any atom is -0.491 e.